The van der Waals surface area contributed by atoms with Crippen molar-refractivity contribution in [3.63, 3.8) is 0 Å². The van der Waals surface area contributed by atoms with Crippen LogP contribution in [0.15, 0.2) is 0 Å². The number of Topliss-reactive ketones (excluding diaryl/α,β-unsaturated/α-hetero) is 1. The van der Waals surface area contributed by atoms with Gasteiger partial charge >= 0.3 is 0 Å². The highest BCUT2D eigenvalue weighted by molar-refractivity contribution is 5.84. The normalized spacial score (nSPS) is 59.2. The minimum absolute atomic E-state index is 0.0507. The largest absolute Gasteiger partial charge is 0.394 e. The van der Waals surface area contributed by atoms with E-state index in [-0.39, 0.29) is 34.9 Å². The highest BCUT2D eigenvalue weighted by Crippen LogP contribution is 2.70. The Labute approximate surface area is 249 Å². The number of hydrogen-bond donors (Lipinski definition) is 4. The Morgan fingerprint density at radius 2 is 1.74 bits per heavy atom. The summed E-state index contributed by atoms with van der Waals surface area (Å²) in [6.07, 6.45) is 1.88. The van der Waals surface area contributed by atoms with Crippen molar-refractivity contribution in [2.24, 2.45) is 52.3 Å². The molecule has 0 bridgehead atoms. The van der Waals surface area contributed by atoms with Gasteiger partial charge in [-0.1, -0.05) is 27.7 Å². The number of hydrogen-bond acceptors (Lipinski definition) is 9. The zero-order valence-corrected chi connectivity index (χ0v) is 25.7. The van der Waals surface area contributed by atoms with Gasteiger partial charge in [-0.2, -0.15) is 0 Å². The molecule has 7 aliphatic rings. The molecule has 0 aromatic rings. The van der Waals surface area contributed by atoms with Crippen molar-refractivity contribution in [1.29, 1.82) is 0 Å². The van der Waals surface area contributed by atoms with E-state index in [0.29, 0.717) is 41.8 Å². The molecule has 7 fully saturated rings. The summed E-state index contributed by atoms with van der Waals surface area (Å²) in [5, 5.41) is 40.4. The van der Waals surface area contributed by atoms with Crippen LogP contribution < -0.4 is 0 Å². The van der Waals surface area contributed by atoms with Crippen LogP contribution in [-0.4, -0.2) is 88.1 Å². The van der Waals surface area contributed by atoms with Crippen LogP contribution in [0.1, 0.15) is 85.5 Å². The van der Waals surface area contributed by atoms with Crippen molar-refractivity contribution >= 4 is 5.78 Å². The van der Waals surface area contributed by atoms with Crippen LogP contribution in [0.4, 0.5) is 0 Å². The first-order valence-corrected chi connectivity index (χ1v) is 16.7. The molecule has 0 amide bonds. The van der Waals surface area contributed by atoms with E-state index in [1.807, 2.05) is 0 Å². The van der Waals surface area contributed by atoms with Gasteiger partial charge < -0.3 is 39.4 Å². The summed E-state index contributed by atoms with van der Waals surface area (Å²) in [6.45, 7) is 9.57. The molecule has 3 saturated heterocycles. The number of carbonyl (C=O) groups excluding carboxylic acids is 1. The van der Waals surface area contributed by atoms with Crippen molar-refractivity contribution in [1.82, 2.24) is 0 Å². The predicted octanol–water partition coefficient (Wildman–Crippen LogP) is 2.80. The molecule has 4 N–H and O–H groups in total. The lowest BCUT2D eigenvalue weighted by molar-refractivity contribution is -0.316. The molecule has 238 valence electrons. The first-order chi connectivity index (χ1) is 19.9. The molecule has 17 atom stereocenters. The average molecular weight is 593 g/mol. The van der Waals surface area contributed by atoms with Gasteiger partial charge in [-0.3, -0.25) is 4.79 Å². The zero-order valence-electron chi connectivity index (χ0n) is 25.7. The molecule has 7 rings (SSSR count). The van der Waals surface area contributed by atoms with Gasteiger partial charge in [0.1, 0.15) is 30.2 Å². The van der Waals surface area contributed by atoms with Gasteiger partial charge in [0.15, 0.2) is 12.1 Å². The third-order valence-corrected chi connectivity index (χ3v) is 13.7. The van der Waals surface area contributed by atoms with E-state index >= 15 is 0 Å². The third-order valence-electron chi connectivity index (χ3n) is 13.7. The molecule has 9 heteroatoms. The van der Waals surface area contributed by atoms with Crippen LogP contribution in [0.25, 0.3) is 0 Å². The van der Waals surface area contributed by atoms with Crippen LogP contribution in [0, 0.1) is 52.3 Å². The van der Waals surface area contributed by atoms with E-state index in [9.17, 15) is 25.2 Å². The average Bonchev–Trinajstić information content (AvgIpc) is 3.40. The Bertz CT molecular complexity index is 1040. The SMILES string of the molecule is C[C@@H]1CC[C@@]2(OC1)OC1C[C@H]3[C@@H]4CC[C@H]5C[C@@H](O[C@@H]6O[C@H](CO)[C@@H](O)[C@H](O)[C@H]6O)CC[C@]5(C)[C@H]4C(=O)C[C@]3(C)C1[C@@H]2C. The highest BCUT2D eigenvalue weighted by Gasteiger charge is 2.70. The van der Waals surface area contributed by atoms with E-state index in [0.717, 1.165) is 58.0 Å². The molecule has 0 aromatic carbocycles. The summed E-state index contributed by atoms with van der Waals surface area (Å²) in [7, 11) is 0. The molecule has 0 aromatic heterocycles. The fourth-order valence-corrected chi connectivity index (χ4v) is 11.5. The topological polar surface area (TPSA) is 135 Å². The Kier molecular flexibility index (Phi) is 7.47. The quantitative estimate of drug-likeness (QED) is 0.365. The molecule has 4 aliphatic carbocycles. The lowest BCUT2D eigenvalue weighted by atomic mass is 9.44. The molecule has 3 aliphatic heterocycles. The Morgan fingerprint density at radius 1 is 0.952 bits per heavy atom. The summed E-state index contributed by atoms with van der Waals surface area (Å²) in [4.78, 5) is 14.3. The van der Waals surface area contributed by atoms with Crippen molar-refractivity contribution in [2.75, 3.05) is 13.2 Å². The second-order valence-electron chi connectivity index (χ2n) is 15.9. The smallest absolute Gasteiger partial charge is 0.186 e. The lowest BCUT2D eigenvalue weighted by Crippen LogP contribution is -2.61. The molecule has 9 nitrogen and oxygen atoms in total. The van der Waals surface area contributed by atoms with Gasteiger partial charge in [-0.15, -0.1) is 0 Å². The Balaban J connectivity index is 1.05. The number of fused-ring (bicyclic) bond motifs is 7. The van der Waals surface area contributed by atoms with Crippen molar-refractivity contribution in [2.45, 2.75) is 134 Å². The number of ether oxygens (including phenoxy) is 4. The van der Waals surface area contributed by atoms with Crippen LogP contribution in [0.3, 0.4) is 0 Å². The predicted molar refractivity (Wildman–Crippen MR) is 151 cm³/mol. The second-order valence-corrected chi connectivity index (χ2v) is 15.9. The van der Waals surface area contributed by atoms with E-state index in [1.54, 1.807) is 0 Å². The maximum atomic E-state index is 14.3. The van der Waals surface area contributed by atoms with Crippen LogP contribution in [-0.2, 0) is 23.7 Å². The van der Waals surface area contributed by atoms with Gasteiger partial charge in [0.25, 0.3) is 0 Å². The maximum Gasteiger partial charge on any atom is 0.186 e. The molecular weight excluding hydrogens is 540 g/mol. The molecule has 3 heterocycles. The van der Waals surface area contributed by atoms with Crippen LogP contribution >= 0.6 is 0 Å². The number of carbonyl (C=O) groups is 1. The molecule has 4 saturated carbocycles. The molecule has 2 unspecified atom stereocenters. The number of aliphatic hydroxyl groups is 4. The van der Waals surface area contributed by atoms with Crippen LogP contribution in [0.5, 0.6) is 0 Å². The Morgan fingerprint density at radius 3 is 2.45 bits per heavy atom. The molecule has 1 spiro atoms. The van der Waals surface area contributed by atoms with E-state index in [1.165, 1.54) is 0 Å². The van der Waals surface area contributed by atoms with Crippen molar-refractivity contribution < 1.29 is 44.2 Å². The van der Waals surface area contributed by atoms with Gasteiger partial charge in [0.05, 0.1) is 25.4 Å². The third kappa shape index (κ3) is 4.28. The minimum atomic E-state index is -1.44. The molecule has 0 radical (unpaired) electrons. The van der Waals surface area contributed by atoms with Gasteiger partial charge in [0, 0.05) is 24.7 Å². The van der Waals surface area contributed by atoms with E-state index in [2.05, 4.69) is 27.7 Å². The summed E-state index contributed by atoms with van der Waals surface area (Å²) < 4.78 is 25.1. The summed E-state index contributed by atoms with van der Waals surface area (Å²) in [5.74, 6) is 2.42. The molecular formula is C33H52O9. The van der Waals surface area contributed by atoms with Gasteiger partial charge in [-0.25, -0.2) is 0 Å². The van der Waals surface area contributed by atoms with Gasteiger partial charge in [0.2, 0.25) is 0 Å². The Hall–Kier alpha value is -0.650. The minimum Gasteiger partial charge on any atom is -0.394 e. The fraction of sp³-hybridized carbons (Fsp3) is 0.970. The molecule has 42 heavy (non-hydrogen) atoms. The second kappa shape index (κ2) is 10.4. The highest BCUT2D eigenvalue weighted by atomic mass is 16.7. The first-order valence-electron chi connectivity index (χ1n) is 16.7. The number of aliphatic hydroxyl groups excluding tert-OH is 4. The number of rotatable bonds is 3. The fourth-order valence-electron chi connectivity index (χ4n) is 11.5. The summed E-state index contributed by atoms with van der Waals surface area (Å²) >= 11 is 0. The lowest BCUT2D eigenvalue weighted by Gasteiger charge is -2.60. The summed E-state index contributed by atoms with van der Waals surface area (Å²) in [5.41, 5.74) is -0.143. The van der Waals surface area contributed by atoms with E-state index < -0.39 is 43.1 Å². The first kappa shape index (κ1) is 30.0. The zero-order chi connectivity index (χ0) is 29.8. The van der Waals surface area contributed by atoms with Crippen molar-refractivity contribution in [3.05, 3.63) is 0 Å². The summed E-state index contributed by atoms with van der Waals surface area (Å²) in [6, 6.07) is 0. The van der Waals surface area contributed by atoms with Crippen molar-refractivity contribution in [3.8, 4) is 0 Å². The standard InChI is InChI=1S/C33H52O9/c1-16-7-10-33(39-15-16)17(2)25-23(42-33)12-21-20-6-5-18-11-19(40-30-29(38)28(37)27(36)24(14-34)41-30)8-9-31(18,3)26(20)22(35)13-32(21,25)4/h16-21,23-30,34,36-38H,5-15H2,1-4H3/t16-,17+,18+,19+,20+,21+,23?,24-,25?,26-,27-,28+,29-,30-,31+,32+,33-/m1/s1. The van der Waals surface area contributed by atoms with Crippen LogP contribution in [0.2, 0.25) is 0 Å². The van der Waals surface area contributed by atoms with Gasteiger partial charge in [-0.05, 0) is 85.4 Å². The number of ketones is 1. The van der Waals surface area contributed by atoms with E-state index in [4.69, 9.17) is 18.9 Å². The monoisotopic (exact) mass is 592 g/mol. The maximum absolute atomic E-state index is 14.3.